The molecule has 0 aliphatic rings. The fourth-order valence-corrected chi connectivity index (χ4v) is 1.75. The molecule has 3 nitrogen and oxygen atoms in total. The summed E-state index contributed by atoms with van der Waals surface area (Å²) in [7, 11) is 0. The highest BCUT2D eigenvalue weighted by atomic mass is 32.2. The molecule has 3 N–H and O–H groups in total. The fourth-order valence-electron chi connectivity index (χ4n) is 0.774. The Morgan fingerprint density at radius 3 is 2.85 bits per heavy atom. The minimum Gasteiger partial charge on any atom is -0.480 e. The maximum atomic E-state index is 10.3. The molecule has 0 unspecified atom stereocenters. The molecule has 0 aliphatic carbocycles. The van der Waals surface area contributed by atoms with Gasteiger partial charge in [-0.3, -0.25) is 4.79 Å². The molecule has 0 amide bonds. The smallest absolute Gasteiger partial charge is 0.321 e. The van der Waals surface area contributed by atoms with Gasteiger partial charge in [-0.05, 0) is 25.0 Å². The highest BCUT2D eigenvalue weighted by Gasteiger charge is 2.09. The number of carbonyl (C=O) groups is 1. The van der Waals surface area contributed by atoms with Gasteiger partial charge in [-0.25, -0.2) is 0 Å². The molecule has 0 aromatic heterocycles. The van der Waals surface area contributed by atoms with Crippen LogP contribution in [-0.4, -0.2) is 28.6 Å². The number of hydrogen-bond donors (Lipinski definition) is 2. The van der Waals surface area contributed by atoms with E-state index in [4.69, 9.17) is 10.8 Å². The number of hydrogen-bond acceptors (Lipinski definition) is 3. The maximum absolute atomic E-state index is 10.3. The molecular formula is C9H17NO2S. The van der Waals surface area contributed by atoms with Crippen LogP contribution in [0.2, 0.25) is 0 Å². The van der Waals surface area contributed by atoms with Gasteiger partial charge in [0.25, 0.3) is 0 Å². The fraction of sp³-hybridized carbons (Fsp3) is 0.667. The molecule has 76 valence electrons. The summed E-state index contributed by atoms with van der Waals surface area (Å²) >= 11 is 1.60. The van der Waals surface area contributed by atoms with E-state index in [1.165, 1.54) is 0 Å². The van der Waals surface area contributed by atoms with Crippen LogP contribution in [0.4, 0.5) is 0 Å². The number of aliphatic carboxylic acids is 1. The minimum atomic E-state index is -0.918. The first-order valence-corrected chi connectivity index (χ1v) is 5.51. The third-order valence-electron chi connectivity index (χ3n) is 1.56. The Hall–Kier alpha value is -0.480. The third kappa shape index (κ3) is 7.87. The Morgan fingerprint density at radius 1 is 1.62 bits per heavy atom. The van der Waals surface area contributed by atoms with Crippen molar-refractivity contribution in [2.24, 2.45) is 5.73 Å². The molecule has 0 heterocycles. The van der Waals surface area contributed by atoms with E-state index < -0.39 is 12.0 Å². The lowest BCUT2D eigenvalue weighted by Gasteiger charge is -2.04. The van der Waals surface area contributed by atoms with Crippen LogP contribution in [-0.2, 0) is 4.79 Å². The van der Waals surface area contributed by atoms with E-state index in [-0.39, 0.29) is 0 Å². The molecule has 0 aliphatic heterocycles. The number of unbranched alkanes of at least 4 members (excludes halogenated alkanes) is 2. The predicted molar refractivity (Wildman–Crippen MR) is 57.0 cm³/mol. The first-order valence-electron chi connectivity index (χ1n) is 4.35. The van der Waals surface area contributed by atoms with E-state index in [0.717, 1.165) is 25.0 Å². The SMILES string of the molecule is C=CCCCCSC[C@H](N)C(=O)O. The highest BCUT2D eigenvalue weighted by Crippen LogP contribution is 2.07. The Bertz CT molecular complexity index is 162. The molecule has 0 aromatic carbocycles. The van der Waals surface area contributed by atoms with Crippen LogP contribution in [0.25, 0.3) is 0 Å². The molecule has 13 heavy (non-hydrogen) atoms. The standard InChI is InChI=1S/C9H17NO2S/c1-2-3-4-5-6-13-7-8(10)9(11)12/h2,8H,1,3-7,10H2,(H,11,12)/t8-/m0/s1. The number of carboxylic acid groups (broad SMARTS) is 1. The second kappa shape index (κ2) is 8.13. The lowest BCUT2D eigenvalue weighted by atomic mass is 10.2. The summed E-state index contributed by atoms with van der Waals surface area (Å²) in [6.07, 6.45) is 5.15. The molecule has 4 heteroatoms. The number of rotatable bonds is 8. The van der Waals surface area contributed by atoms with Gasteiger partial charge in [0.1, 0.15) is 6.04 Å². The van der Waals surface area contributed by atoms with Gasteiger partial charge in [0, 0.05) is 5.75 Å². The van der Waals surface area contributed by atoms with E-state index in [2.05, 4.69) is 6.58 Å². The van der Waals surface area contributed by atoms with Crippen LogP contribution >= 0.6 is 11.8 Å². The van der Waals surface area contributed by atoms with Gasteiger partial charge >= 0.3 is 5.97 Å². The van der Waals surface area contributed by atoms with E-state index in [1.54, 1.807) is 11.8 Å². The molecular weight excluding hydrogens is 186 g/mol. The van der Waals surface area contributed by atoms with E-state index >= 15 is 0 Å². The first-order chi connectivity index (χ1) is 6.18. The Morgan fingerprint density at radius 2 is 2.31 bits per heavy atom. The van der Waals surface area contributed by atoms with Crippen molar-refractivity contribution in [2.75, 3.05) is 11.5 Å². The zero-order valence-electron chi connectivity index (χ0n) is 7.74. The van der Waals surface area contributed by atoms with Crippen LogP contribution in [0.15, 0.2) is 12.7 Å². The molecule has 1 atom stereocenters. The summed E-state index contributed by atoms with van der Waals surface area (Å²) in [5, 5.41) is 8.47. The molecule has 0 saturated carbocycles. The Balaban J connectivity index is 3.15. The van der Waals surface area contributed by atoms with Crippen molar-refractivity contribution in [2.45, 2.75) is 25.3 Å². The normalized spacial score (nSPS) is 12.4. The monoisotopic (exact) mass is 203 g/mol. The van der Waals surface area contributed by atoms with Crippen molar-refractivity contribution in [1.82, 2.24) is 0 Å². The summed E-state index contributed by atoms with van der Waals surface area (Å²) in [5.41, 5.74) is 5.32. The summed E-state index contributed by atoms with van der Waals surface area (Å²) in [5.74, 6) is 0.566. The summed E-state index contributed by atoms with van der Waals surface area (Å²) in [6, 6.07) is -0.718. The summed E-state index contributed by atoms with van der Waals surface area (Å²) in [4.78, 5) is 10.3. The van der Waals surface area contributed by atoms with Crippen molar-refractivity contribution >= 4 is 17.7 Å². The van der Waals surface area contributed by atoms with Crippen LogP contribution in [0, 0.1) is 0 Å². The Labute approximate surface area is 83.4 Å². The van der Waals surface area contributed by atoms with Crippen molar-refractivity contribution in [3.05, 3.63) is 12.7 Å². The van der Waals surface area contributed by atoms with Crippen molar-refractivity contribution in [3.63, 3.8) is 0 Å². The lowest BCUT2D eigenvalue weighted by molar-refractivity contribution is -0.137. The zero-order valence-corrected chi connectivity index (χ0v) is 8.55. The van der Waals surface area contributed by atoms with Gasteiger partial charge in [0.05, 0.1) is 0 Å². The summed E-state index contributed by atoms with van der Waals surface area (Å²) in [6.45, 7) is 3.63. The number of thioether (sulfide) groups is 1. The van der Waals surface area contributed by atoms with Gasteiger partial charge in [-0.2, -0.15) is 11.8 Å². The summed E-state index contributed by atoms with van der Waals surface area (Å²) < 4.78 is 0. The van der Waals surface area contributed by atoms with Crippen LogP contribution in [0.1, 0.15) is 19.3 Å². The van der Waals surface area contributed by atoms with E-state index in [1.807, 2.05) is 6.08 Å². The lowest BCUT2D eigenvalue weighted by Crippen LogP contribution is -2.32. The van der Waals surface area contributed by atoms with E-state index in [9.17, 15) is 4.79 Å². The highest BCUT2D eigenvalue weighted by molar-refractivity contribution is 7.99. The molecule has 0 bridgehead atoms. The van der Waals surface area contributed by atoms with E-state index in [0.29, 0.717) is 5.75 Å². The number of carboxylic acids is 1. The van der Waals surface area contributed by atoms with Gasteiger partial charge in [0.2, 0.25) is 0 Å². The average molecular weight is 203 g/mol. The molecule has 0 rings (SSSR count). The van der Waals surface area contributed by atoms with Gasteiger partial charge < -0.3 is 10.8 Å². The van der Waals surface area contributed by atoms with Crippen LogP contribution in [0.5, 0.6) is 0 Å². The number of nitrogens with two attached hydrogens (primary N) is 1. The second-order valence-electron chi connectivity index (χ2n) is 2.80. The maximum Gasteiger partial charge on any atom is 0.321 e. The van der Waals surface area contributed by atoms with Crippen molar-refractivity contribution in [1.29, 1.82) is 0 Å². The van der Waals surface area contributed by atoms with Gasteiger partial charge in [-0.15, -0.1) is 6.58 Å². The molecule has 0 aromatic rings. The molecule has 0 radical (unpaired) electrons. The number of allylic oxidation sites excluding steroid dienone is 1. The molecule has 0 spiro atoms. The predicted octanol–water partition coefficient (Wildman–Crippen LogP) is 1.49. The quantitative estimate of drug-likeness (QED) is 0.463. The largest absolute Gasteiger partial charge is 0.480 e. The first kappa shape index (κ1) is 12.5. The average Bonchev–Trinajstić information content (AvgIpc) is 2.10. The van der Waals surface area contributed by atoms with Gasteiger partial charge in [0.15, 0.2) is 0 Å². The van der Waals surface area contributed by atoms with Gasteiger partial charge in [-0.1, -0.05) is 6.08 Å². The zero-order chi connectivity index (χ0) is 10.1. The van der Waals surface area contributed by atoms with Crippen molar-refractivity contribution < 1.29 is 9.90 Å². The minimum absolute atomic E-state index is 0.503. The molecule has 0 saturated heterocycles. The molecule has 0 fully saturated rings. The third-order valence-corrected chi connectivity index (χ3v) is 2.73. The van der Waals surface area contributed by atoms with Crippen molar-refractivity contribution in [3.8, 4) is 0 Å². The topological polar surface area (TPSA) is 63.3 Å². The second-order valence-corrected chi connectivity index (χ2v) is 3.95. The van der Waals surface area contributed by atoms with Crippen LogP contribution in [0.3, 0.4) is 0 Å². The Kier molecular flexibility index (Phi) is 7.83. The van der Waals surface area contributed by atoms with Crippen LogP contribution < -0.4 is 5.73 Å².